The molecule has 0 fully saturated rings. The van der Waals surface area contributed by atoms with Crippen molar-refractivity contribution >= 4 is 0 Å². The van der Waals surface area contributed by atoms with E-state index < -0.39 is 5.41 Å². The molecule has 2 aromatic rings. The maximum atomic E-state index is 10.0. The summed E-state index contributed by atoms with van der Waals surface area (Å²) in [6.45, 7) is 3.99. The summed E-state index contributed by atoms with van der Waals surface area (Å²) in [5.74, 6) is 0.672. The monoisotopic (exact) mass is 267 g/mol. The predicted octanol–water partition coefficient (Wildman–Crippen LogP) is 3.77. The molecule has 2 rings (SSSR count). The zero-order chi connectivity index (χ0) is 14.6. The Morgan fingerprint density at radius 1 is 1.15 bits per heavy atom. The molecule has 0 aliphatic heterocycles. The minimum absolute atomic E-state index is 0.0853. The van der Waals surface area contributed by atoms with Crippen LogP contribution < -0.4 is 4.74 Å². The third-order valence-corrected chi connectivity index (χ3v) is 3.17. The number of benzene rings is 2. The van der Waals surface area contributed by atoms with Crippen molar-refractivity contribution in [2.45, 2.75) is 25.9 Å². The number of rotatable bonds is 4. The average Bonchev–Trinajstić information content (AvgIpc) is 2.46. The average molecular weight is 267 g/mol. The van der Waals surface area contributed by atoms with Crippen LogP contribution in [0.2, 0.25) is 0 Å². The van der Waals surface area contributed by atoms with E-state index in [1.54, 1.807) is 32.0 Å². The van der Waals surface area contributed by atoms with Crippen LogP contribution in [0.3, 0.4) is 0 Å². The van der Waals surface area contributed by atoms with Crippen molar-refractivity contribution in [1.29, 1.82) is 5.26 Å². The highest BCUT2D eigenvalue weighted by molar-refractivity contribution is 5.46. The molecule has 0 saturated carbocycles. The standard InChI is InChI=1S/C17H17NO2/c1-17(2,12-18)15-9-8-14(10-16(15)19)20-11-13-6-4-3-5-7-13/h3-10,19H,11H2,1-2H3. The molecular formula is C17H17NO2. The van der Waals surface area contributed by atoms with Gasteiger partial charge in [-0.15, -0.1) is 0 Å². The van der Waals surface area contributed by atoms with Crippen LogP contribution in [0.4, 0.5) is 0 Å². The van der Waals surface area contributed by atoms with E-state index in [1.807, 2.05) is 30.3 Å². The van der Waals surface area contributed by atoms with Crippen LogP contribution in [0.5, 0.6) is 11.5 Å². The number of phenolic OH excluding ortho intramolecular Hbond substituents is 1. The second kappa shape index (κ2) is 5.66. The lowest BCUT2D eigenvalue weighted by Crippen LogP contribution is -2.13. The van der Waals surface area contributed by atoms with Crippen molar-refractivity contribution < 1.29 is 9.84 Å². The normalized spacial score (nSPS) is 10.8. The summed E-state index contributed by atoms with van der Waals surface area (Å²) < 4.78 is 5.63. The number of hydrogen-bond donors (Lipinski definition) is 1. The smallest absolute Gasteiger partial charge is 0.124 e. The summed E-state index contributed by atoms with van der Waals surface area (Å²) in [6, 6.07) is 17.1. The molecule has 0 saturated heterocycles. The Balaban J connectivity index is 2.12. The number of phenols is 1. The van der Waals surface area contributed by atoms with Crippen LogP contribution in [-0.2, 0) is 12.0 Å². The van der Waals surface area contributed by atoms with E-state index in [2.05, 4.69) is 6.07 Å². The minimum atomic E-state index is -0.720. The molecule has 0 aliphatic carbocycles. The van der Waals surface area contributed by atoms with E-state index in [0.717, 1.165) is 5.56 Å². The fourth-order valence-electron chi connectivity index (χ4n) is 1.93. The number of nitriles is 1. The Hall–Kier alpha value is -2.47. The molecule has 2 aromatic carbocycles. The van der Waals surface area contributed by atoms with Gasteiger partial charge in [0.15, 0.2) is 0 Å². The van der Waals surface area contributed by atoms with Crippen molar-refractivity contribution in [3.05, 3.63) is 59.7 Å². The van der Waals surface area contributed by atoms with Gasteiger partial charge in [-0.3, -0.25) is 0 Å². The van der Waals surface area contributed by atoms with E-state index in [1.165, 1.54) is 0 Å². The van der Waals surface area contributed by atoms with Gasteiger partial charge in [0.05, 0.1) is 11.5 Å². The molecule has 20 heavy (non-hydrogen) atoms. The third-order valence-electron chi connectivity index (χ3n) is 3.17. The molecule has 0 radical (unpaired) electrons. The van der Waals surface area contributed by atoms with Gasteiger partial charge >= 0.3 is 0 Å². The van der Waals surface area contributed by atoms with Crippen molar-refractivity contribution in [3.8, 4) is 17.6 Å². The topological polar surface area (TPSA) is 53.2 Å². The highest BCUT2D eigenvalue weighted by Crippen LogP contribution is 2.33. The van der Waals surface area contributed by atoms with E-state index in [4.69, 9.17) is 10.00 Å². The van der Waals surface area contributed by atoms with Gasteiger partial charge in [-0.1, -0.05) is 36.4 Å². The molecule has 0 aromatic heterocycles. The van der Waals surface area contributed by atoms with Crippen LogP contribution >= 0.6 is 0 Å². The molecule has 0 aliphatic rings. The quantitative estimate of drug-likeness (QED) is 0.917. The lowest BCUT2D eigenvalue weighted by molar-refractivity contribution is 0.304. The minimum Gasteiger partial charge on any atom is -0.507 e. The number of aromatic hydroxyl groups is 1. The van der Waals surface area contributed by atoms with E-state index >= 15 is 0 Å². The Kier molecular flexibility index (Phi) is 3.95. The lowest BCUT2D eigenvalue weighted by Gasteiger charge is -2.18. The van der Waals surface area contributed by atoms with E-state index in [9.17, 15) is 5.11 Å². The molecule has 0 heterocycles. The molecule has 102 valence electrons. The first-order valence-corrected chi connectivity index (χ1v) is 6.44. The zero-order valence-corrected chi connectivity index (χ0v) is 11.6. The molecule has 1 N–H and O–H groups in total. The number of hydrogen-bond acceptors (Lipinski definition) is 3. The van der Waals surface area contributed by atoms with E-state index in [0.29, 0.717) is 17.9 Å². The number of nitrogens with zero attached hydrogens (tertiary/aromatic N) is 1. The Morgan fingerprint density at radius 3 is 2.45 bits per heavy atom. The Bertz CT molecular complexity index is 627. The second-order valence-corrected chi connectivity index (χ2v) is 5.19. The van der Waals surface area contributed by atoms with Crippen LogP contribution in [0.1, 0.15) is 25.0 Å². The Labute approximate surface area is 119 Å². The van der Waals surface area contributed by atoms with Gasteiger partial charge < -0.3 is 9.84 Å². The van der Waals surface area contributed by atoms with Gasteiger partial charge in [0.1, 0.15) is 18.1 Å². The van der Waals surface area contributed by atoms with Gasteiger partial charge in [0, 0.05) is 11.6 Å². The van der Waals surface area contributed by atoms with E-state index in [-0.39, 0.29) is 5.75 Å². The lowest BCUT2D eigenvalue weighted by atomic mass is 9.86. The van der Waals surface area contributed by atoms with Gasteiger partial charge in [-0.25, -0.2) is 0 Å². The largest absolute Gasteiger partial charge is 0.507 e. The van der Waals surface area contributed by atoms with Gasteiger partial charge in [-0.05, 0) is 25.5 Å². The van der Waals surface area contributed by atoms with Crippen molar-refractivity contribution in [1.82, 2.24) is 0 Å². The number of ether oxygens (including phenoxy) is 1. The predicted molar refractivity (Wildman–Crippen MR) is 77.5 cm³/mol. The van der Waals surface area contributed by atoms with Crippen molar-refractivity contribution in [2.75, 3.05) is 0 Å². The molecule has 3 nitrogen and oxygen atoms in total. The fraction of sp³-hybridized carbons (Fsp3) is 0.235. The fourth-order valence-corrected chi connectivity index (χ4v) is 1.93. The highest BCUT2D eigenvalue weighted by Gasteiger charge is 2.23. The van der Waals surface area contributed by atoms with Crippen LogP contribution in [0.15, 0.2) is 48.5 Å². The maximum Gasteiger partial charge on any atom is 0.124 e. The van der Waals surface area contributed by atoms with Gasteiger partial charge in [0.25, 0.3) is 0 Å². The summed E-state index contributed by atoms with van der Waals surface area (Å²) in [5.41, 5.74) is 0.947. The summed E-state index contributed by atoms with van der Waals surface area (Å²) in [4.78, 5) is 0. The SMILES string of the molecule is CC(C)(C#N)c1ccc(OCc2ccccc2)cc1O. The van der Waals surface area contributed by atoms with Crippen LogP contribution in [0, 0.1) is 11.3 Å². The third kappa shape index (κ3) is 3.10. The van der Waals surface area contributed by atoms with Gasteiger partial charge in [0.2, 0.25) is 0 Å². The van der Waals surface area contributed by atoms with Crippen LogP contribution in [0.25, 0.3) is 0 Å². The molecule has 0 bridgehead atoms. The first-order chi connectivity index (χ1) is 9.53. The molecular weight excluding hydrogens is 250 g/mol. The van der Waals surface area contributed by atoms with Gasteiger partial charge in [-0.2, -0.15) is 5.26 Å². The summed E-state index contributed by atoms with van der Waals surface area (Å²) in [6.07, 6.45) is 0. The Morgan fingerprint density at radius 2 is 1.85 bits per heavy atom. The second-order valence-electron chi connectivity index (χ2n) is 5.19. The zero-order valence-electron chi connectivity index (χ0n) is 11.6. The summed E-state index contributed by atoms with van der Waals surface area (Å²) >= 11 is 0. The summed E-state index contributed by atoms with van der Waals surface area (Å²) in [5, 5.41) is 19.1. The molecule has 3 heteroatoms. The van der Waals surface area contributed by atoms with Crippen molar-refractivity contribution in [2.24, 2.45) is 0 Å². The maximum absolute atomic E-state index is 10.0. The first kappa shape index (κ1) is 14.0. The highest BCUT2D eigenvalue weighted by atomic mass is 16.5. The van der Waals surface area contributed by atoms with Crippen molar-refractivity contribution in [3.63, 3.8) is 0 Å². The summed E-state index contributed by atoms with van der Waals surface area (Å²) in [7, 11) is 0. The first-order valence-electron chi connectivity index (χ1n) is 6.44. The van der Waals surface area contributed by atoms with Crippen LogP contribution in [-0.4, -0.2) is 5.11 Å². The molecule has 0 unspecified atom stereocenters. The molecule has 0 atom stereocenters. The molecule has 0 spiro atoms. The molecule has 0 amide bonds.